The Kier molecular flexibility index (Phi) is 6.11. The summed E-state index contributed by atoms with van der Waals surface area (Å²) in [6.07, 6.45) is 0. The highest BCUT2D eigenvalue weighted by atomic mass is 32.2. The lowest BCUT2D eigenvalue weighted by molar-refractivity contribution is -0.115. The van der Waals surface area contributed by atoms with Crippen LogP contribution < -0.4 is 15.6 Å². The fraction of sp³-hybridized carbons (Fsp3) is 0.174. The number of fused-ring (bicyclic) bond motifs is 1. The topological polar surface area (TPSA) is 84.1 Å². The van der Waals surface area contributed by atoms with E-state index in [2.05, 4.69) is 15.3 Å². The third-order valence-electron chi connectivity index (χ3n) is 4.81. The molecule has 0 fully saturated rings. The van der Waals surface area contributed by atoms with E-state index < -0.39 is 5.25 Å². The van der Waals surface area contributed by atoms with Crippen LogP contribution in [0.25, 0.3) is 21.3 Å². The van der Waals surface area contributed by atoms with Crippen LogP contribution in [0, 0.1) is 6.92 Å². The summed E-state index contributed by atoms with van der Waals surface area (Å²) in [5, 5.41) is 5.33. The van der Waals surface area contributed by atoms with Crippen molar-refractivity contribution < 1.29 is 9.53 Å². The van der Waals surface area contributed by atoms with Gasteiger partial charge in [0.2, 0.25) is 5.91 Å². The monoisotopic (exact) mass is 451 g/mol. The number of aromatic amines is 1. The highest BCUT2D eigenvalue weighted by Gasteiger charge is 2.19. The molecule has 158 valence electrons. The van der Waals surface area contributed by atoms with E-state index in [-0.39, 0.29) is 11.5 Å². The first-order chi connectivity index (χ1) is 15.0. The van der Waals surface area contributed by atoms with Crippen LogP contribution in [0.3, 0.4) is 0 Å². The van der Waals surface area contributed by atoms with E-state index in [1.54, 1.807) is 26.2 Å². The van der Waals surface area contributed by atoms with Gasteiger partial charge in [-0.1, -0.05) is 53.7 Å². The van der Waals surface area contributed by atoms with Crippen LogP contribution in [0.1, 0.15) is 12.5 Å². The number of benzene rings is 2. The van der Waals surface area contributed by atoms with Crippen LogP contribution in [-0.2, 0) is 4.79 Å². The number of H-pyrrole nitrogens is 1. The first kappa shape index (κ1) is 21.1. The van der Waals surface area contributed by atoms with Gasteiger partial charge < -0.3 is 15.0 Å². The van der Waals surface area contributed by atoms with E-state index in [9.17, 15) is 9.59 Å². The highest BCUT2D eigenvalue weighted by Crippen LogP contribution is 2.32. The summed E-state index contributed by atoms with van der Waals surface area (Å²) in [5.74, 6) is 0.381. The molecule has 0 radical (unpaired) electrons. The lowest BCUT2D eigenvalue weighted by Crippen LogP contribution is -2.23. The minimum absolute atomic E-state index is 0.205. The summed E-state index contributed by atoms with van der Waals surface area (Å²) in [6.45, 7) is 3.80. The van der Waals surface area contributed by atoms with Gasteiger partial charge in [0.25, 0.3) is 5.56 Å². The standard InChI is InChI=1S/C23H21N3O3S2/c1-13-8-10-15(11-9-13)16-12-30-22-19(16)21(28)25-23(26-22)31-14(2)20(27)24-17-6-4-5-7-18(17)29-3/h4-12,14H,1-3H3,(H,24,27)(H,25,26,28). The molecule has 8 heteroatoms. The molecule has 0 aliphatic rings. The molecule has 4 rings (SSSR count). The van der Waals surface area contributed by atoms with E-state index in [4.69, 9.17) is 4.74 Å². The Morgan fingerprint density at radius 1 is 1.19 bits per heavy atom. The lowest BCUT2D eigenvalue weighted by Gasteiger charge is -2.13. The molecular formula is C23H21N3O3S2. The number of amides is 1. The Bertz CT molecular complexity index is 1300. The van der Waals surface area contributed by atoms with Crippen molar-refractivity contribution in [2.75, 3.05) is 12.4 Å². The third kappa shape index (κ3) is 4.50. The molecule has 1 amide bonds. The number of methoxy groups -OCH3 is 1. The average molecular weight is 452 g/mol. The van der Waals surface area contributed by atoms with Crippen molar-refractivity contribution >= 4 is 44.9 Å². The van der Waals surface area contributed by atoms with Gasteiger partial charge in [-0.3, -0.25) is 9.59 Å². The maximum Gasteiger partial charge on any atom is 0.260 e. The van der Waals surface area contributed by atoms with Gasteiger partial charge in [-0.25, -0.2) is 4.98 Å². The van der Waals surface area contributed by atoms with Crippen LogP contribution in [0.5, 0.6) is 5.75 Å². The van der Waals surface area contributed by atoms with Crippen molar-refractivity contribution in [1.29, 1.82) is 0 Å². The highest BCUT2D eigenvalue weighted by molar-refractivity contribution is 8.00. The molecule has 0 aliphatic carbocycles. The van der Waals surface area contributed by atoms with Crippen molar-refractivity contribution in [3.05, 3.63) is 69.8 Å². The number of para-hydroxylation sites is 2. The molecule has 0 saturated carbocycles. The number of aromatic nitrogens is 2. The van der Waals surface area contributed by atoms with Gasteiger partial charge in [0.05, 0.1) is 23.4 Å². The van der Waals surface area contributed by atoms with Gasteiger partial charge in [0.1, 0.15) is 10.6 Å². The van der Waals surface area contributed by atoms with E-state index in [0.717, 1.165) is 16.7 Å². The van der Waals surface area contributed by atoms with Crippen molar-refractivity contribution in [1.82, 2.24) is 9.97 Å². The number of hydrogen-bond donors (Lipinski definition) is 2. The third-order valence-corrected chi connectivity index (χ3v) is 6.66. The molecule has 31 heavy (non-hydrogen) atoms. The molecule has 6 nitrogen and oxygen atoms in total. The van der Waals surface area contributed by atoms with Crippen LogP contribution in [0.4, 0.5) is 5.69 Å². The van der Waals surface area contributed by atoms with Crippen LogP contribution in [0.15, 0.2) is 63.9 Å². The second-order valence-corrected chi connectivity index (χ2v) is 9.20. The molecule has 2 aromatic carbocycles. The molecule has 2 heterocycles. The predicted molar refractivity (Wildman–Crippen MR) is 127 cm³/mol. The quantitative estimate of drug-likeness (QED) is 0.315. The summed E-state index contributed by atoms with van der Waals surface area (Å²) in [7, 11) is 1.55. The Labute approximate surface area is 187 Å². The number of nitrogens with zero attached hydrogens (tertiary/aromatic N) is 1. The van der Waals surface area contributed by atoms with Gasteiger partial charge in [0.15, 0.2) is 5.16 Å². The number of nitrogens with one attached hydrogen (secondary N) is 2. The van der Waals surface area contributed by atoms with Crippen molar-refractivity contribution in [3.8, 4) is 16.9 Å². The fourth-order valence-electron chi connectivity index (χ4n) is 3.13. The summed E-state index contributed by atoms with van der Waals surface area (Å²) in [5.41, 5.74) is 3.40. The summed E-state index contributed by atoms with van der Waals surface area (Å²) in [6, 6.07) is 15.3. The SMILES string of the molecule is COc1ccccc1NC(=O)C(C)Sc1nc2scc(-c3ccc(C)cc3)c2c(=O)[nH]1. The number of carbonyl (C=O) groups excluding carboxylic acids is 1. The zero-order valence-corrected chi connectivity index (χ0v) is 18.9. The Hall–Kier alpha value is -3.10. The maximum absolute atomic E-state index is 12.8. The zero-order valence-electron chi connectivity index (χ0n) is 17.3. The van der Waals surface area contributed by atoms with Crippen LogP contribution in [0.2, 0.25) is 0 Å². The fourth-order valence-corrected chi connectivity index (χ4v) is 4.94. The Balaban J connectivity index is 1.55. The number of anilines is 1. The van der Waals surface area contributed by atoms with Crippen molar-refractivity contribution in [2.24, 2.45) is 0 Å². The molecule has 2 N–H and O–H groups in total. The lowest BCUT2D eigenvalue weighted by atomic mass is 10.1. The number of ether oxygens (including phenoxy) is 1. The van der Waals surface area contributed by atoms with E-state index >= 15 is 0 Å². The summed E-state index contributed by atoms with van der Waals surface area (Å²) in [4.78, 5) is 33.5. The molecule has 2 aromatic heterocycles. The normalized spacial score (nSPS) is 12.0. The molecular weight excluding hydrogens is 430 g/mol. The van der Waals surface area contributed by atoms with Crippen molar-refractivity contribution in [3.63, 3.8) is 0 Å². The van der Waals surface area contributed by atoms with Gasteiger partial charge in [-0.05, 0) is 31.5 Å². The number of aryl methyl sites for hydroxylation is 1. The molecule has 1 atom stereocenters. The van der Waals surface area contributed by atoms with Gasteiger partial charge in [-0.15, -0.1) is 11.3 Å². The van der Waals surface area contributed by atoms with Gasteiger partial charge in [0, 0.05) is 10.9 Å². The van der Waals surface area contributed by atoms with Gasteiger partial charge in [-0.2, -0.15) is 0 Å². The maximum atomic E-state index is 12.8. The first-order valence-electron chi connectivity index (χ1n) is 9.65. The zero-order chi connectivity index (χ0) is 22.0. The van der Waals surface area contributed by atoms with Crippen LogP contribution in [-0.4, -0.2) is 28.2 Å². The summed E-state index contributed by atoms with van der Waals surface area (Å²) >= 11 is 2.63. The number of hydrogen-bond acceptors (Lipinski definition) is 6. The Morgan fingerprint density at radius 3 is 2.68 bits per heavy atom. The van der Waals surface area contributed by atoms with E-state index in [1.807, 2.05) is 48.7 Å². The predicted octanol–water partition coefficient (Wildman–Crippen LogP) is 5.09. The largest absolute Gasteiger partial charge is 0.495 e. The van der Waals surface area contributed by atoms with Crippen LogP contribution >= 0.6 is 23.1 Å². The molecule has 0 aliphatic heterocycles. The number of rotatable bonds is 6. The minimum atomic E-state index is -0.470. The van der Waals surface area contributed by atoms with Gasteiger partial charge >= 0.3 is 0 Å². The summed E-state index contributed by atoms with van der Waals surface area (Å²) < 4.78 is 5.27. The average Bonchev–Trinajstić information content (AvgIpc) is 3.19. The molecule has 0 saturated heterocycles. The second kappa shape index (κ2) is 8.95. The molecule has 0 bridgehead atoms. The number of thiophene rings is 1. The number of carbonyl (C=O) groups is 1. The smallest absolute Gasteiger partial charge is 0.260 e. The first-order valence-corrected chi connectivity index (χ1v) is 11.4. The number of thioether (sulfide) groups is 1. The molecule has 4 aromatic rings. The molecule has 1 unspecified atom stereocenters. The van der Waals surface area contributed by atoms with E-state index in [0.29, 0.717) is 26.8 Å². The second-order valence-electron chi connectivity index (χ2n) is 7.02. The minimum Gasteiger partial charge on any atom is -0.495 e. The Morgan fingerprint density at radius 2 is 1.94 bits per heavy atom. The van der Waals surface area contributed by atoms with E-state index in [1.165, 1.54) is 23.1 Å². The molecule has 0 spiro atoms. The van der Waals surface area contributed by atoms with Crippen molar-refractivity contribution in [2.45, 2.75) is 24.3 Å².